The molecule has 1 rings (SSSR count). The summed E-state index contributed by atoms with van der Waals surface area (Å²) in [4.78, 5) is 0.199. The van der Waals surface area contributed by atoms with Gasteiger partial charge in [0.15, 0.2) is 0 Å². The van der Waals surface area contributed by atoms with E-state index in [9.17, 15) is 8.42 Å². The van der Waals surface area contributed by atoms with Gasteiger partial charge < -0.3 is 0 Å². The Bertz CT molecular complexity index is 612. The van der Waals surface area contributed by atoms with Crippen LogP contribution in [0.1, 0.15) is 32.8 Å². The number of benzene rings is 1. The summed E-state index contributed by atoms with van der Waals surface area (Å²) in [5, 5.41) is 0. The molecule has 0 saturated carbocycles. The molecular weight excluding hydrogens is 312 g/mol. The quantitative estimate of drug-likeness (QED) is 0.325. The van der Waals surface area contributed by atoms with Gasteiger partial charge in [-0.3, -0.25) is 4.18 Å². The molecule has 0 amide bonds. The van der Waals surface area contributed by atoms with Crippen LogP contribution in [-0.4, -0.2) is 23.1 Å². The van der Waals surface area contributed by atoms with Gasteiger partial charge in [0.1, 0.15) is 8.07 Å². The van der Waals surface area contributed by atoms with Gasteiger partial charge in [0.2, 0.25) is 0 Å². The van der Waals surface area contributed by atoms with E-state index in [1.165, 1.54) is 0 Å². The van der Waals surface area contributed by atoms with E-state index in [1.54, 1.807) is 24.3 Å². The van der Waals surface area contributed by atoms with Crippen LogP contribution in [-0.2, 0) is 14.3 Å². The molecule has 0 heterocycles. The average Bonchev–Trinajstić information content (AvgIpc) is 2.52. The lowest BCUT2D eigenvalue weighted by Crippen LogP contribution is -2.29. The fraction of sp³-hybridized carbons (Fsp3) is 0.529. The van der Waals surface area contributed by atoms with Gasteiger partial charge in [-0.15, -0.1) is 11.5 Å². The molecule has 22 heavy (non-hydrogen) atoms. The summed E-state index contributed by atoms with van der Waals surface area (Å²) in [6.45, 7) is 8.63. The van der Waals surface area contributed by atoms with Crippen LogP contribution in [0.3, 0.4) is 0 Å². The largest absolute Gasteiger partial charge is 0.297 e. The highest BCUT2D eigenvalue weighted by Crippen LogP contribution is 2.18. The van der Waals surface area contributed by atoms with E-state index < -0.39 is 18.2 Å². The second kappa shape index (κ2) is 8.52. The fourth-order valence-electron chi connectivity index (χ4n) is 2.24. The predicted octanol–water partition coefficient (Wildman–Crippen LogP) is 4.14. The van der Waals surface area contributed by atoms with Crippen LogP contribution >= 0.6 is 0 Å². The van der Waals surface area contributed by atoms with Crippen molar-refractivity contribution in [3.63, 3.8) is 0 Å². The third-order valence-electron chi connectivity index (χ3n) is 4.16. The highest BCUT2D eigenvalue weighted by molar-refractivity contribution is 7.86. The molecule has 122 valence electrons. The van der Waals surface area contributed by atoms with Crippen molar-refractivity contribution in [2.24, 2.45) is 0 Å². The van der Waals surface area contributed by atoms with Gasteiger partial charge in [-0.05, 0) is 37.2 Å². The standard InChI is InChI=1S/C17H26O3SSi/c1-5-22(6-2,7-3)15-9-8-14-20-21(18,19)17-12-10-16(4)11-13-17/h10-13H,5-8,14H2,1-4H3. The Kier molecular flexibility index (Phi) is 7.34. The summed E-state index contributed by atoms with van der Waals surface area (Å²) >= 11 is 0. The second-order valence-corrected chi connectivity index (χ2v) is 12.0. The molecule has 0 unspecified atom stereocenters. The zero-order chi connectivity index (χ0) is 16.6. The van der Waals surface area contributed by atoms with E-state index in [2.05, 4.69) is 32.2 Å². The Morgan fingerprint density at radius 2 is 1.59 bits per heavy atom. The lowest BCUT2D eigenvalue weighted by molar-refractivity contribution is 0.326. The van der Waals surface area contributed by atoms with Crippen LogP contribution in [0.2, 0.25) is 18.1 Å². The smallest absolute Gasteiger partial charge is 0.265 e. The third kappa shape index (κ3) is 5.27. The van der Waals surface area contributed by atoms with E-state index >= 15 is 0 Å². The van der Waals surface area contributed by atoms with Crippen LogP contribution < -0.4 is 0 Å². The molecule has 0 aliphatic carbocycles. The summed E-state index contributed by atoms with van der Waals surface area (Å²) in [7, 11) is -5.12. The summed E-state index contributed by atoms with van der Waals surface area (Å²) in [6.07, 6.45) is 0.458. The number of aryl methyl sites for hydroxylation is 1. The van der Waals surface area contributed by atoms with Gasteiger partial charge in [-0.1, -0.05) is 38.5 Å². The number of hydrogen-bond donors (Lipinski definition) is 0. The topological polar surface area (TPSA) is 43.4 Å². The van der Waals surface area contributed by atoms with Crippen LogP contribution in [0.25, 0.3) is 0 Å². The highest BCUT2D eigenvalue weighted by atomic mass is 32.2. The monoisotopic (exact) mass is 338 g/mol. The normalized spacial score (nSPS) is 11.8. The van der Waals surface area contributed by atoms with Crippen molar-refractivity contribution in [3.8, 4) is 11.5 Å². The molecule has 0 saturated heterocycles. The lowest BCUT2D eigenvalue weighted by atomic mass is 10.2. The van der Waals surface area contributed by atoms with Gasteiger partial charge in [-0.2, -0.15) is 8.42 Å². The molecule has 1 aromatic carbocycles. The first-order valence-corrected chi connectivity index (χ1v) is 11.9. The summed E-state index contributed by atoms with van der Waals surface area (Å²) in [6, 6.07) is 10.1. The highest BCUT2D eigenvalue weighted by Gasteiger charge is 2.23. The summed E-state index contributed by atoms with van der Waals surface area (Å²) in [5.74, 6) is 3.13. The van der Waals surface area contributed by atoms with Crippen molar-refractivity contribution in [1.29, 1.82) is 0 Å². The first kappa shape index (κ1) is 19.0. The Morgan fingerprint density at radius 3 is 2.09 bits per heavy atom. The molecular formula is C17H26O3SSi. The molecule has 0 atom stereocenters. The first-order valence-electron chi connectivity index (χ1n) is 7.85. The summed E-state index contributed by atoms with van der Waals surface area (Å²) in [5.41, 5.74) is 4.45. The molecule has 0 aliphatic heterocycles. The Labute approximate surface area is 136 Å². The molecule has 5 heteroatoms. The zero-order valence-corrected chi connectivity index (χ0v) is 15.8. The van der Waals surface area contributed by atoms with Crippen LogP contribution in [0, 0.1) is 18.4 Å². The Balaban J connectivity index is 2.59. The molecule has 0 bridgehead atoms. The van der Waals surface area contributed by atoms with E-state index in [1.807, 2.05) is 6.92 Å². The predicted molar refractivity (Wildman–Crippen MR) is 93.9 cm³/mol. The van der Waals surface area contributed by atoms with Gasteiger partial charge in [0, 0.05) is 6.42 Å². The number of hydrogen-bond acceptors (Lipinski definition) is 3. The van der Waals surface area contributed by atoms with E-state index in [0.29, 0.717) is 6.42 Å². The minimum absolute atomic E-state index is 0.116. The van der Waals surface area contributed by atoms with Gasteiger partial charge in [0.25, 0.3) is 10.1 Å². The van der Waals surface area contributed by atoms with Crippen LogP contribution in [0.15, 0.2) is 29.2 Å². The van der Waals surface area contributed by atoms with Crippen molar-refractivity contribution in [2.45, 2.75) is 57.1 Å². The molecule has 3 nitrogen and oxygen atoms in total. The molecule has 0 aliphatic rings. The van der Waals surface area contributed by atoms with E-state index in [4.69, 9.17) is 4.18 Å². The SMILES string of the molecule is CC[Si](C#CCCOS(=O)(=O)c1ccc(C)cc1)(CC)CC. The van der Waals surface area contributed by atoms with Crippen LogP contribution in [0.4, 0.5) is 0 Å². The Morgan fingerprint density at radius 1 is 1.05 bits per heavy atom. The average molecular weight is 339 g/mol. The van der Waals surface area contributed by atoms with Crippen molar-refractivity contribution in [1.82, 2.24) is 0 Å². The lowest BCUT2D eigenvalue weighted by Gasteiger charge is -2.20. The molecule has 0 radical (unpaired) electrons. The maximum Gasteiger partial charge on any atom is 0.297 e. The van der Waals surface area contributed by atoms with Crippen molar-refractivity contribution >= 4 is 18.2 Å². The first-order chi connectivity index (χ1) is 10.4. The second-order valence-electron chi connectivity index (χ2n) is 5.48. The van der Waals surface area contributed by atoms with Crippen LogP contribution in [0.5, 0.6) is 0 Å². The van der Waals surface area contributed by atoms with E-state index in [-0.39, 0.29) is 11.5 Å². The maximum absolute atomic E-state index is 12.0. The van der Waals surface area contributed by atoms with Crippen molar-refractivity contribution in [2.75, 3.05) is 6.61 Å². The maximum atomic E-state index is 12.0. The van der Waals surface area contributed by atoms with Gasteiger partial charge in [0.05, 0.1) is 11.5 Å². The molecule has 0 N–H and O–H groups in total. The number of rotatable bonds is 7. The molecule has 0 spiro atoms. The summed E-state index contributed by atoms with van der Waals surface area (Å²) < 4.78 is 29.1. The van der Waals surface area contributed by atoms with E-state index in [0.717, 1.165) is 23.7 Å². The minimum Gasteiger partial charge on any atom is -0.265 e. The van der Waals surface area contributed by atoms with Gasteiger partial charge in [-0.25, -0.2) is 0 Å². The van der Waals surface area contributed by atoms with Crippen molar-refractivity contribution < 1.29 is 12.6 Å². The fourth-order valence-corrected chi connectivity index (χ4v) is 5.68. The molecule has 0 aromatic heterocycles. The Hall–Kier alpha value is -1.09. The molecule has 0 fully saturated rings. The van der Waals surface area contributed by atoms with Gasteiger partial charge >= 0.3 is 0 Å². The zero-order valence-electron chi connectivity index (χ0n) is 14.0. The van der Waals surface area contributed by atoms with Crippen molar-refractivity contribution in [3.05, 3.63) is 29.8 Å². The minimum atomic E-state index is -3.67. The molecule has 1 aromatic rings. The third-order valence-corrected chi connectivity index (χ3v) is 10.3.